The van der Waals surface area contributed by atoms with Crippen LogP contribution in [0.25, 0.3) is 11.2 Å². The Bertz CT molecular complexity index is 834. The highest BCUT2D eigenvalue weighted by atomic mass is 16.8. The average Bonchev–Trinajstić information content (AvgIpc) is 3.09. The normalized spacial score (nSPS) is 31.5. The SMILES string of the molecule is Cc1nc(N)c2ncn(C3O[C@H](C(=O)O)[C@H]4OC(C)(C)OC34)c2n1. The molecule has 2 aromatic heterocycles. The Hall–Kier alpha value is -2.30. The van der Waals surface area contributed by atoms with Crippen LogP contribution >= 0.6 is 0 Å². The van der Waals surface area contributed by atoms with Gasteiger partial charge in [-0.05, 0) is 20.8 Å². The molecule has 4 heterocycles. The second-order valence-corrected chi connectivity index (χ2v) is 6.33. The summed E-state index contributed by atoms with van der Waals surface area (Å²) < 4.78 is 18.9. The number of nitrogen functional groups attached to an aromatic ring is 1. The number of ether oxygens (including phenoxy) is 3. The molecule has 4 atom stereocenters. The van der Waals surface area contributed by atoms with Crippen molar-refractivity contribution in [2.45, 2.75) is 51.1 Å². The van der Waals surface area contributed by atoms with Gasteiger partial charge < -0.3 is 25.1 Å². The summed E-state index contributed by atoms with van der Waals surface area (Å²) in [7, 11) is 0. The average molecular weight is 335 g/mol. The van der Waals surface area contributed by atoms with Gasteiger partial charge in [0, 0.05) is 0 Å². The van der Waals surface area contributed by atoms with Crippen LogP contribution < -0.4 is 5.73 Å². The van der Waals surface area contributed by atoms with Gasteiger partial charge in [0.05, 0.1) is 6.33 Å². The van der Waals surface area contributed by atoms with Gasteiger partial charge in [-0.2, -0.15) is 0 Å². The molecule has 0 spiro atoms. The van der Waals surface area contributed by atoms with Crippen LogP contribution in [0.15, 0.2) is 6.33 Å². The molecule has 128 valence electrons. The highest BCUT2D eigenvalue weighted by Crippen LogP contribution is 2.43. The van der Waals surface area contributed by atoms with E-state index in [0.29, 0.717) is 17.0 Å². The fourth-order valence-corrected chi connectivity index (χ4v) is 3.24. The Morgan fingerprint density at radius 2 is 2.04 bits per heavy atom. The van der Waals surface area contributed by atoms with E-state index >= 15 is 0 Å². The molecule has 0 amide bonds. The standard InChI is InChI=1S/C14H17N5O5/c1-5-17-10(15)6-11(18-5)19(4-16-6)12-8-7(9(22-12)13(20)21)23-14(2,3)24-8/h4,7-9,12H,1-3H3,(H,20,21)(H2,15,17,18)/t7-,8?,9-,12?/m0/s1. The zero-order valence-electron chi connectivity index (χ0n) is 13.3. The number of nitrogens with zero attached hydrogens (tertiary/aromatic N) is 4. The lowest BCUT2D eigenvalue weighted by molar-refractivity contribution is -0.202. The molecule has 2 saturated heterocycles. The molecule has 2 aliphatic heterocycles. The molecule has 2 unspecified atom stereocenters. The van der Waals surface area contributed by atoms with Gasteiger partial charge in [0.1, 0.15) is 23.5 Å². The molecule has 4 rings (SSSR count). The minimum atomic E-state index is -1.14. The van der Waals surface area contributed by atoms with E-state index in [4.69, 9.17) is 19.9 Å². The number of rotatable bonds is 2. The van der Waals surface area contributed by atoms with Gasteiger partial charge in [-0.1, -0.05) is 0 Å². The summed E-state index contributed by atoms with van der Waals surface area (Å²) in [6, 6.07) is 0. The molecule has 2 fully saturated rings. The highest BCUT2D eigenvalue weighted by molar-refractivity contribution is 5.81. The van der Waals surface area contributed by atoms with Crippen LogP contribution in [0.1, 0.15) is 25.9 Å². The summed E-state index contributed by atoms with van der Waals surface area (Å²) in [6.45, 7) is 5.18. The predicted molar refractivity (Wildman–Crippen MR) is 79.8 cm³/mol. The third-order valence-electron chi connectivity index (χ3n) is 4.11. The van der Waals surface area contributed by atoms with Crippen LogP contribution in [0.2, 0.25) is 0 Å². The zero-order valence-corrected chi connectivity index (χ0v) is 13.3. The van der Waals surface area contributed by atoms with Crippen molar-refractivity contribution >= 4 is 23.0 Å². The summed E-state index contributed by atoms with van der Waals surface area (Å²) in [5.41, 5.74) is 6.77. The van der Waals surface area contributed by atoms with E-state index < -0.39 is 36.3 Å². The summed E-state index contributed by atoms with van der Waals surface area (Å²) in [5.74, 6) is -1.27. The maximum Gasteiger partial charge on any atom is 0.335 e. The summed E-state index contributed by atoms with van der Waals surface area (Å²) >= 11 is 0. The van der Waals surface area contributed by atoms with Gasteiger partial charge in [-0.15, -0.1) is 0 Å². The monoisotopic (exact) mass is 335 g/mol. The van der Waals surface area contributed by atoms with E-state index in [1.54, 1.807) is 25.3 Å². The second kappa shape index (κ2) is 4.85. The van der Waals surface area contributed by atoms with E-state index in [1.807, 2.05) is 0 Å². The molecule has 0 aromatic carbocycles. The van der Waals surface area contributed by atoms with E-state index in [2.05, 4.69) is 15.0 Å². The Kier molecular flexibility index (Phi) is 3.08. The predicted octanol–water partition coefficient (Wildman–Crippen LogP) is 0.219. The van der Waals surface area contributed by atoms with Crippen molar-refractivity contribution in [1.29, 1.82) is 0 Å². The van der Waals surface area contributed by atoms with Crippen molar-refractivity contribution in [1.82, 2.24) is 19.5 Å². The zero-order chi connectivity index (χ0) is 17.2. The molecule has 0 aliphatic carbocycles. The largest absolute Gasteiger partial charge is 0.479 e. The van der Waals surface area contributed by atoms with Crippen molar-refractivity contribution in [2.75, 3.05) is 5.73 Å². The number of aliphatic carboxylic acids is 1. The number of imidazole rings is 1. The summed E-state index contributed by atoms with van der Waals surface area (Å²) in [6.07, 6.45) is -1.71. The smallest absolute Gasteiger partial charge is 0.335 e. The first kappa shape index (κ1) is 15.2. The minimum absolute atomic E-state index is 0.254. The maximum absolute atomic E-state index is 11.5. The third kappa shape index (κ3) is 2.14. The number of hydrogen-bond donors (Lipinski definition) is 2. The number of aryl methyl sites for hydroxylation is 1. The van der Waals surface area contributed by atoms with Gasteiger partial charge >= 0.3 is 5.97 Å². The first-order valence-electron chi connectivity index (χ1n) is 7.47. The molecule has 0 radical (unpaired) electrons. The first-order valence-corrected chi connectivity index (χ1v) is 7.47. The van der Waals surface area contributed by atoms with Crippen LogP contribution in [0.3, 0.4) is 0 Å². The third-order valence-corrected chi connectivity index (χ3v) is 4.11. The van der Waals surface area contributed by atoms with Crippen LogP contribution in [0.5, 0.6) is 0 Å². The topological polar surface area (TPSA) is 135 Å². The molecule has 3 N–H and O–H groups in total. The molecule has 0 saturated carbocycles. The summed E-state index contributed by atoms with van der Waals surface area (Å²) in [4.78, 5) is 24.1. The fraction of sp³-hybridized carbons (Fsp3) is 0.571. The van der Waals surface area contributed by atoms with Crippen LogP contribution in [0.4, 0.5) is 5.82 Å². The molecular weight excluding hydrogens is 318 g/mol. The Balaban J connectivity index is 1.80. The van der Waals surface area contributed by atoms with E-state index in [0.717, 1.165) is 0 Å². The molecular formula is C14H17N5O5. The number of aromatic nitrogens is 4. The molecule has 0 bridgehead atoms. The Morgan fingerprint density at radius 3 is 2.75 bits per heavy atom. The number of carbonyl (C=O) groups is 1. The van der Waals surface area contributed by atoms with Gasteiger partial charge in [0.25, 0.3) is 0 Å². The highest BCUT2D eigenvalue weighted by Gasteiger charge is 2.58. The maximum atomic E-state index is 11.5. The molecule has 24 heavy (non-hydrogen) atoms. The van der Waals surface area contributed by atoms with Crippen LogP contribution in [-0.2, 0) is 19.0 Å². The number of nitrogens with two attached hydrogens (primary N) is 1. The minimum Gasteiger partial charge on any atom is -0.479 e. The van der Waals surface area contributed by atoms with Crippen molar-refractivity contribution < 1.29 is 24.1 Å². The van der Waals surface area contributed by atoms with E-state index in [-0.39, 0.29) is 5.82 Å². The van der Waals surface area contributed by atoms with Gasteiger partial charge in [0.2, 0.25) is 0 Å². The van der Waals surface area contributed by atoms with Gasteiger partial charge in [-0.25, -0.2) is 19.7 Å². The number of fused-ring (bicyclic) bond motifs is 2. The first-order chi connectivity index (χ1) is 11.3. The second-order valence-electron chi connectivity index (χ2n) is 6.33. The number of hydrogen-bond acceptors (Lipinski definition) is 8. The molecule has 10 nitrogen and oxygen atoms in total. The number of carboxylic acid groups (broad SMARTS) is 1. The molecule has 2 aromatic rings. The number of carboxylic acids is 1. The number of anilines is 1. The van der Waals surface area contributed by atoms with Crippen LogP contribution in [-0.4, -0.2) is 54.7 Å². The lowest BCUT2D eigenvalue weighted by atomic mass is 10.1. The Labute approximate surface area is 136 Å². The van der Waals surface area contributed by atoms with Crippen molar-refractivity contribution in [3.8, 4) is 0 Å². The summed E-state index contributed by atoms with van der Waals surface area (Å²) in [5, 5.41) is 9.42. The fourth-order valence-electron chi connectivity index (χ4n) is 3.24. The molecule has 2 aliphatic rings. The lowest BCUT2D eigenvalue weighted by Gasteiger charge is -2.23. The van der Waals surface area contributed by atoms with Crippen molar-refractivity contribution in [2.24, 2.45) is 0 Å². The van der Waals surface area contributed by atoms with Gasteiger partial charge in [-0.3, -0.25) is 4.57 Å². The molecule has 10 heteroatoms. The van der Waals surface area contributed by atoms with Gasteiger partial charge in [0.15, 0.2) is 29.6 Å². The van der Waals surface area contributed by atoms with E-state index in [1.165, 1.54) is 6.33 Å². The Morgan fingerprint density at radius 1 is 1.33 bits per heavy atom. The van der Waals surface area contributed by atoms with E-state index in [9.17, 15) is 9.90 Å². The quantitative estimate of drug-likeness (QED) is 0.790. The van der Waals surface area contributed by atoms with Crippen molar-refractivity contribution in [3.05, 3.63) is 12.2 Å². The van der Waals surface area contributed by atoms with Crippen LogP contribution in [0, 0.1) is 6.92 Å². The lowest BCUT2D eigenvalue weighted by Crippen LogP contribution is -2.35. The van der Waals surface area contributed by atoms with Crippen molar-refractivity contribution in [3.63, 3.8) is 0 Å².